The Hall–Kier alpha value is -2.84. The van der Waals surface area contributed by atoms with Crippen LogP contribution in [-0.2, 0) is 15.6 Å². The maximum absolute atomic E-state index is 12.8. The van der Waals surface area contributed by atoms with Crippen molar-refractivity contribution < 1.29 is 22.7 Å². The Labute approximate surface area is 166 Å². The fourth-order valence-electron chi connectivity index (χ4n) is 3.18. The van der Waals surface area contributed by atoms with Crippen LogP contribution < -0.4 is 14.8 Å². The first-order valence-corrected chi connectivity index (χ1v) is 10.9. The summed E-state index contributed by atoms with van der Waals surface area (Å²) in [6.45, 7) is 0. The second kappa shape index (κ2) is 6.96. The van der Waals surface area contributed by atoms with E-state index in [2.05, 4.69) is 5.32 Å². The van der Waals surface area contributed by atoms with Crippen molar-refractivity contribution in [3.63, 3.8) is 0 Å². The van der Waals surface area contributed by atoms with Gasteiger partial charge in [-0.1, -0.05) is 18.2 Å². The molecule has 2 aromatic carbocycles. The van der Waals surface area contributed by atoms with E-state index < -0.39 is 9.84 Å². The lowest BCUT2D eigenvalue weighted by Crippen LogP contribution is -2.12. The molecule has 2 heterocycles. The Bertz CT molecular complexity index is 1180. The molecule has 3 aromatic rings. The molecule has 0 saturated heterocycles. The van der Waals surface area contributed by atoms with Crippen LogP contribution in [0.5, 0.6) is 11.5 Å². The number of rotatable bonds is 4. The van der Waals surface area contributed by atoms with E-state index in [1.54, 1.807) is 55.6 Å². The smallest absolute Gasteiger partial charge is 0.265 e. The van der Waals surface area contributed by atoms with Crippen LogP contribution in [0, 0.1) is 0 Å². The van der Waals surface area contributed by atoms with Crippen LogP contribution in [0.15, 0.2) is 53.4 Å². The number of hydrogen-bond donors (Lipinski definition) is 1. The zero-order valence-electron chi connectivity index (χ0n) is 15.2. The first-order valence-electron chi connectivity index (χ1n) is 8.41. The zero-order chi connectivity index (χ0) is 19.9. The van der Waals surface area contributed by atoms with Crippen LogP contribution in [-0.4, -0.2) is 28.5 Å². The quantitative estimate of drug-likeness (QED) is 0.697. The minimum atomic E-state index is -3.41. The lowest BCUT2D eigenvalue weighted by molar-refractivity contribution is 0.103. The highest BCUT2D eigenvalue weighted by atomic mass is 32.2. The molecule has 0 fully saturated rings. The number of fused-ring (bicyclic) bond motifs is 3. The Morgan fingerprint density at radius 1 is 1.07 bits per heavy atom. The molecule has 1 amide bonds. The number of thiophene rings is 1. The standard InChI is InChI=1S/C20H17NO5S2/c1-25-13-7-8-16(26-2)15(10-13)21-20(22)17-9-12-11-28(23,24)18-6-4-3-5-14(18)19(12)27-17/h3-10H,11H2,1-2H3,(H,21,22). The van der Waals surface area contributed by atoms with Crippen molar-refractivity contribution in [1.29, 1.82) is 0 Å². The number of carbonyl (C=O) groups excluding carboxylic acids is 1. The molecule has 0 bridgehead atoms. The molecule has 1 N–H and O–H groups in total. The second-order valence-electron chi connectivity index (χ2n) is 6.24. The van der Waals surface area contributed by atoms with Crippen molar-refractivity contribution in [2.24, 2.45) is 0 Å². The minimum absolute atomic E-state index is 0.106. The molecule has 0 saturated carbocycles. The maximum atomic E-state index is 12.8. The van der Waals surface area contributed by atoms with E-state index >= 15 is 0 Å². The molecule has 0 spiro atoms. The van der Waals surface area contributed by atoms with Gasteiger partial charge in [0, 0.05) is 16.5 Å². The first-order chi connectivity index (χ1) is 13.4. The number of anilines is 1. The van der Waals surface area contributed by atoms with Gasteiger partial charge in [0.1, 0.15) is 11.5 Å². The highest BCUT2D eigenvalue weighted by molar-refractivity contribution is 7.91. The fourth-order valence-corrected chi connectivity index (χ4v) is 6.03. The SMILES string of the molecule is COc1ccc(OC)c(NC(=O)c2cc3c(s2)-c2ccccc2S(=O)(=O)C3)c1. The first kappa shape index (κ1) is 18.5. The number of carbonyl (C=O) groups is 1. The average molecular weight is 415 g/mol. The van der Waals surface area contributed by atoms with Crippen LogP contribution in [0.2, 0.25) is 0 Å². The number of nitrogens with one attached hydrogen (secondary N) is 1. The van der Waals surface area contributed by atoms with E-state index in [-0.39, 0.29) is 11.7 Å². The predicted molar refractivity (Wildman–Crippen MR) is 108 cm³/mol. The number of benzene rings is 2. The van der Waals surface area contributed by atoms with E-state index in [0.29, 0.717) is 38.1 Å². The van der Waals surface area contributed by atoms with Crippen molar-refractivity contribution in [3.8, 4) is 21.9 Å². The van der Waals surface area contributed by atoms with Gasteiger partial charge in [0.05, 0.1) is 35.4 Å². The van der Waals surface area contributed by atoms with Crippen LogP contribution in [0.3, 0.4) is 0 Å². The van der Waals surface area contributed by atoms with Gasteiger partial charge < -0.3 is 14.8 Å². The summed E-state index contributed by atoms with van der Waals surface area (Å²) in [6, 6.07) is 13.6. The van der Waals surface area contributed by atoms with Crippen molar-refractivity contribution in [2.45, 2.75) is 10.6 Å². The lowest BCUT2D eigenvalue weighted by atomic mass is 10.1. The van der Waals surface area contributed by atoms with E-state index in [1.165, 1.54) is 18.4 Å². The molecule has 6 nitrogen and oxygen atoms in total. The molecule has 0 unspecified atom stereocenters. The summed E-state index contributed by atoms with van der Waals surface area (Å²) >= 11 is 1.28. The second-order valence-corrected chi connectivity index (χ2v) is 9.25. The van der Waals surface area contributed by atoms with Gasteiger partial charge in [-0.25, -0.2) is 8.42 Å². The Morgan fingerprint density at radius 2 is 1.86 bits per heavy atom. The van der Waals surface area contributed by atoms with Crippen LogP contribution in [0.1, 0.15) is 15.2 Å². The largest absolute Gasteiger partial charge is 0.497 e. The molecule has 1 aliphatic rings. The maximum Gasteiger partial charge on any atom is 0.265 e. The van der Waals surface area contributed by atoms with Crippen LogP contribution in [0.25, 0.3) is 10.4 Å². The number of methoxy groups -OCH3 is 2. The molecule has 1 aliphatic heterocycles. The summed E-state index contributed by atoms with van der Waals surface area (Å²) in [5.74, 6) is 0.650. The summed E-state index contributed by atoms with van der Waals surface area (Å²) in [6.07, 6.45) is 0. The van der Waals surface area contributed by atoms with Gasteiger partial charge in [0.2, 0.25) is 0 Å². The topological polar surface area (TPSA) is 81.7 Å². The molecule has 0 radical (unpaired) electrons. The Balaban J connectivity index is 1.70. The number of sulfone groups is 1. The zero-order valence-corrected chi connectivity index (χ0v) is 16.8. The summed E-state index contributed by atoms with van der Waals surface area (Å²) in [5, 5.41) is 2.82. The van der Waals surface area contributed by atoms with Crippen molar-refractivity contribution in [3.05, 3.63) is 59.0 Å². The Kier molecular flexibility index (Phi) is 4.60. The highest BCUT2D eigenvalue weighted by Crippen LogP contribution is 2.43. The summed E-state index contributed by atoms with van der Waals surface area (Å²) < 4.78 is 35.6. The number of hydrogen-bond acceptors (Lipinski definition) is 6. The van der Waals surface area contributed by atoms with E-state index in [9.17, 15) is 13.2 Å². The highest BCUT2D eigenvalue weighted by Gasteiger charge is 2.30. The summed E-state index contributed by atoms with van der Waals surface area (Å²) in [7, 11) is -0.351. The van der Waals surface area contributed by atoms with Crippen LogP contribution >= 0.6 is 11.3 Å². The summed E-state index contributed by atoms with van der Waals surface area (Å²) in [5.41, 5.74) is 1.77. The van der Waals surface area contributed by atoms with Gasteiger partial charge in [-0.15, -0.1) is 11.3 Å². The van der Waals surface area contributed by atoms with Crippen molar-refractivity contribution in [1.82, 2.24) is 0 Å². The number of amides is 1. The molecule has 0 atom stereocenters. The molecule has 144 valence electrons. The monoisotopic (exact) mass is 415 g/mol. The third kappa shape index (κ3) is 3.14. The molecule has 1 aromatic heterocycles. The summed E-state index contributed by atoms with van der Waals surface area (Å²) in [4.78, 5) is 14.4. The molecule has 8 heteroatoms. The molecule has 0 aliphatic carbocycles. The minimum Gasteiger partial charge on any atom is -0.497 e. The molecule has 28 heavy (non-hydrogen) atoms. The lowest BCUT2D eigenvalue weighted by Gasteiger charge is -2.15. The van der Waals surface area contributed by atoms with Gasteiger partial charge in [0.15, 0.2) is 9.84 Å². The number of ether oxygens (including phenoxy) is 2. The van der Waals surface area contributed by atoms with Gasteiger partial charge in [-0.05, 0) is 29.8 Å². The average Bonchev–Trinajstić information content (AvgIpc) is 3.11. The van der Waals surface area contributed by atoms with Crippen molar-refractivity contribution >= 4 is 32.8 Å². The van der Waals surface area contributed by atoms with Gasteiger partial charge in [0.25, 0.3) is 5.91 Å². The van der Waals surface area contributed by atoms with E-state index in [4.69, 9.17) is 9.47 Å². The van der Waals surface area contributed by atoms with E-state index in [0.717, 1.165) is 4.88 Å². The normalized spacial score (nSPS) is 13.9. The molecular formula is C20H17NO5S2. The molecular weight excluding hydrogens is 398 g/mol. The van der Waals surface area contributed by atoms with E-state index in [1.807, 2.05) is 0 Å². The Morgan fingerprint density at radius 3 is 2.61 bits per heavy atom. The molecule has 4 rings (SSSR count). The van der Waals surface area contributed by atoms with Crippen LogP contribution in [0.4, 0.5) is 5.69 Å². The van der Waals surface area contributed by atoms with Gasteiger partial charge in [-0.2, -0.15) is 0 Å². The third-order valence-corrected chi connectivity index (χ3v) is 7.43. The predicted octanol–water partition coefficient (Wildman–Crippen LogP) is 3.97. The third-order valence-electron chi connectivity index (χ3n) is 4.50. The fraction of sp³-hybridized carbons (Fsp3) is 0.150. The van der Waals surface area contributed by atoms with Gasteiger partial charge >= 0.3 is 0 Å². The van der Waals surface area contributed by atoms with Crippen molar-refractivity contribution in [2.75, 3.05) is 19.5 Å². The van der Waals surface area contributed by atoms with Gasteiger partial charge in [-0.3, -0.25) is 4.79 Å².